The lowest BCUT2D eigenvalue weighted by Crippen LogP contribution is -2.40. The lowest BCUT2D eigenvalue weighted by atomic mass is 10.0. The van der Waals surface area contributed by atoms with Gasteiger partial charge in [0, 0.05) is 6.04 Å². The van der Waals surface area contributed by atoms with Gasteiger partial charge in [-0.3, -0.25) is 9.59 Å². The van der Waals surface area contributed by atoms with Gasteiger partial charge in [0.05, 0.1) is 5.92 Å². The Hall–Kier alpha value is -2.11. The van der Waals surface area contributed by atoms with Crippen LogP contribution in [0.5, 0.6) is 5.75 Å². The average Bonchev–Trinajstić information content (AvgIpc) is 2.76. The van der Waals surface area contributed by atoms with Crippen LogP contribution in [0.15, 0.2) is 18.2 Å². The monoisotopic (exact) mass is 267 g/mol. The van der Waals surface area contributed by atoms with Gasteiger partial charge in [-0.25, -0.2) is 4.39 Å². The molecule has 1 fully saturated rings. The highest BCUT2D eigenvalue weighted by atomic mass is 19.1. The Morgan fingerprint density at radius 1 is 1.32 bits per heavy atom. The fraction of sp³-hybridized carbons (Fsp3) is 0.385. The standard InChI is InChI=1S/C13H14FNO4/c14-8-4-2-6-10(16)11(8)12(17)15-9-5-1-3-7(9)13(18)19/h2,4,6-7,9,16H,1,3,5H2,(H,15,17)(H,18,19). The zero-order valence-corrected chi connectivity index (χ0v) is 10.1. The Labute approximate surface area is 109 Å². The molecule has 0 aromatic heterocycles. The third-order valence-corrected chi connectivity index (χ3v) is 3.37. The molecule has 6 heteroatoms. The van der Waals surface area contributed by atoms with E-state index in [-0.39, 0.29) is 0 Å². The molecular formula is C13H14FNO4. The molecule has 0 radical (unpaired) electrons. The van der Waals surface area contributed by atoms with Gasteiger partial charge >= 0.3 is 5.97 Å². The van der Waals surface area contributed by atoms with Crippen LogP contribution in [0.4, 0.5) is 4.39 Å². The average molecular weight is 267 g/mol. The highest BCUT2D eigenvalue weighted by molar-refractivity contribution is 5.97. The molecule has 2 atom stereocenters. The van der Waals surface area contributed by atoms with Gasteiger partial charge in [0.2, 0.25) is 0 Å². The minimum atomic E-state index is -0.972. The number of nitrogens with one attached hydrogen (secondary N) is 1. The maximum atomic E-state index is 13.5. The van der Waals surface area contributed by atoms with Gasteiger partial charge in [-0.05, 0) is 25.0 Å². The summed E-state index contributed by atoms with van der Waals surface area (Å²) < 4.78 is 13.5. The van der Waals surface area contributed by atoms with Gasteiger partial charge in [0.15, 0.2) is 0 Å². The second kappa shape index (κ2) is 5.26. The number of carboxylic acid groups (broad SMARTS) is 1. The van der Waals surface area contributed by atoms with Crippen molar-refractivity contribution in [1.82, 2.24) is 5.32 Å². The first-order valence-electron chi connectivity index (χ1n) is 6.02. The number of hydrogen-bond acceptors (Lipinski definition) is 3. The van der Waals surface area contributed by atoms with Crippen molar-refractivity contribution in [2.45, 2.75) is 25.3 Å². The molecule has 2 unspecified atom stereocenters. The van der Waals surface area contributed by atoms with Crippen LogP contribution in [0.25, 0.3) is 0 Å². The molecule has 1 saturated carbocycles. The van der Waals surface area contributed by atoms with Gasteiger partial charge in [0.1, 0.15) is 17.1 Å². The first-order chi connectivity index (χ1) is 9.00. The molecule has 0 spiro atoms. The number of amides is 1. The number of carbonyl (C=O) groups excluding carboxylic acids is 1. The summed E-state index contributed by atoms with van der Waals surface area (Å²) in [7, 11) is 0. The topological polar surface area (TPSA) is 86.6 Å². The predicted octanol–water partition coefficient (Wildman–Crippen LogP) is 1.51. The van der Waals surface area contributed by atoms with E-state index in [1.165, 1.54) is 12.1 Å². The third-order valence-electron chi connectivity index (χ3n) is 3.37. The van der Waals surface area contributed by atoms with E-state index in [0.29, 0.717) is 19.3 Å². The quantitative estimate of drug-likeness (QED) is 0.774. The maximum absolute atomic E-state index is 13.5. The van der Waals surface area contributed by atoms with Crippen molar-refractivity contribution in [3.8, 4) is 5.75 Å². The van der Waals surface area contributed by atoms with Gasteiger partial charge in [0.25, 0.3) is 5.91 Å². The molecule has 19 heavy (non-hydrogen) atoms. The fourth-order valence-corrected chi connectivity index (χ4v) is 2.41. The lowest BCUT2D eigenvalue weighted by Gasteiger charge is -2.18. The number of carboxylic acids is 1. The van der Waals surface area contributed by atoms with Crippen molar-refractivity contribution in [3.63, 3.8) is 0 Å². The van der Waals surface area contributed by atoms with E-state index in [2.05, 4.69) is 5.32 Å². The number of aromatic hydroxyl groups is 1. The molecule has 1 aliphatic rings. The lowest BCUT2D eigenvalue weighted by molar-refractivity contribution is -0.142. The third kappa shape index (κ3) is 2.67. The van der Waals surface area contributed by atoms with Crippen molar-refractivity contribution < 1.29 is 24.2 Å². The van der Waals surface area contributed by atoms with Crippen molar-refractivity contribution in [3.05, 3.63) is 29.6 Å². The molecule has 102 valence electrons. The summed E-state index contributed by atoms with van der Waals surface area (Å²) in [6, 6.07) is 3.04. The van der Waals surface area contributed by atoms with Gasteiger partial charge < -0.3 is 15.5 Å². The Bertz CT molecular complexity index is 497. The molecule has 2 rings (SSSR count). The van der Waals surface area contributed by atoms with Crippen LogP contribution < -0.4 is 5.32 Å². The fourth-order valence-electron chi connectivity index (χ4n) is 2.41. The zero-order chi connectivity index (χ0) is 14.0. The first-order valence-corrected chi connectivity index (χ1v) is 6.02. The van der Waals surface area contributed by atoms with Crippen molar-refractivity contribution in [2.24, 2.45) is 5.92 Å². The Morgan fingerprint density at radius 2 is 2.05 bits per heavy atom. The largest absolute Gasteiger partial charge is 0.507 e. The van der Waals surface area contributed by atoms with Crippen LogP contribution >= 0.6 is 0 Å². The number of phenols is 1. The zero-order valence-electron chi connectivity index (χ0n) is 10.1. The first kappa shape index (κ1) is 13.3. The summed E-state index contributed by atoms with van der Waals surface area (Å²) in [5.74, 6) is -3.70. The number of halogens is 1. The number of aliphatic carboxylic acids is 1. The summed E-state index contributed by atoms with van der Waals surface area (Å²) in [6.45, 7) is 0. The summed E-state index contributed by atoms with van der Waals surface area (Å²) in [6.07, 6.45) is 1.73. The minimum Gasteiger partial charge on any atom is -0.507 e. The Kier molecular flexibility index (Phi) is 3.69. The number of carbonyl (C=O) groups is 2. The maximum Gasteiger partial charge on any atom is 0.308 e. The second-order valence-electron chi connectivity index (χ2n) is 4.59. The molecule has 0 saturated heterocycles. The number of benzene rings is 1. The molecule has 0 aliphatic heterocycles. The molecular weight excluding hydrogens is 253 g/mol. The molecule has 1 aromatic carbocycles. The normalized spacial score (nSPS) is 22.2. The van der Waals surface area contributed by atoms with Crippen LogP contribution in [0, 0.1) is 11.7 Å². The van der Waals surface area contributed by atoms with E-state index >= 15 is 0 Å². The molecule has 1 aromatic rings. The summed E-state index contributed by atoms with van der Waals surface area (Å²) in [5, 5.41) is 21.0. The number of rotatable bonds is 3. The van der Waals surface area contributed by atoms with Crippen LogP contribution in [-0.4, -0.2) is 28.1 Å². The Morgan fingerprint density at radius 3 is 2.68 bits per heavy atom. The number of hydrogen-bond donors (Lipinski definition) is 3. The Balaban J connectivity index is 2.15. The smallest absolute Gasteiger partial charge is 0.308 e. The SMILES string of the molecule is O=C(NC1CCCC1C(=O)O)c1c(O)cccc1F. The summed E-state index contributed by atoms with van der Waals surface area (Å²) in [4.78, 5) is 22.9. The highest BCUT2D eigenvalue weighted by Crippen LogP contribution is 2.27. The van der Waals surface area contributed by atoms with Gasteiger partial charge in [-0.2, -0.15) is 0 Å². The summed E-state index contributed by atoms with van der Waals surface area (Å²) >= 11 is 0. The van der Waals surface area contributed by atoms with Crippen molar-refractivity contribution in [1.29, 1.82) is 0 Å². The van der Waals surface area contributed by atoms with E-state index in [4.69, 9.17) is 5.11 Å². The minimum absolute atomic E-state index is 0.446. The molecule has 1 aliphatic carbocycles. The van der Waals surface area contributed by atoms with E-state index in [0.717, 1.165) is 6.07 Å². The van der Waals surface area contributed by atoms with E-state index in [9.17, 15) is 19.1 Å². The van der Waals surface area contributed by atoms with E-state index < -0.39 is 41.0 Å². The van der Waals surface area contributed by atoms with Crippen molar-refractivity contribution >= 4 is 11.9 Å². The van der Waals surface area contributed by atoms with E-state index in [1.807, 2.05) is 0 Å². The van der Waals surface area contributed by atoms with E-state index in [1.54, 1.807) is 0 Å². The molecule has 3 N–H and O–H groups in total. The van der Waals surface area contributed by atoms with Gasteiger partial charge in [-0.1, -0.05) is 12.5 Å². The molecule has 5 nitrogen and oxygen atoms in total. The van der Waals surface area contributed by atoms with Crippen LogP contribution in [-0.2, 0) is 4.79 Å². The second-order valence-corrected chi connectivity index (χ2v) is 4.59. The summed E-state index contributed by atoms with van der Waals surface area (Å²) in [5.41, 5.74) is -0.446. The van der Waals surface area contributed by atoms with Crippen LogP contribution in [0.2, 0.25) is 0 Å². The van der Waals surface area contributed by atoms with Crippen molar-refractivity contribution in [2.75, 3.05) is 0 Å². The van der Waals surface area contributed by atoms with Crippen LogP contribution in [0.1, 0.15) is 29.6 Å². The molecule has 1 amide bonds. The molecule has 0 bridgehead atoms. The predicted molar refractivity (Wildman–Crippen MR) is 64.3 cm³/mol. The molecule has 0 heterocycles. The number of phenolic OH excluding ortho intramolecular Hbond substituents is 1. The van der Waals surface area contributed by atoms with Crippen LogP contribution in [0.3, 0.4) is 0 Å². The highest BCUT2D eigenvalue weighted by Gasteiger charge is 2.34. The van der Waals surface area contributed by atoms with Gasteiger partial charge in [-0.15, -0.1) is 0 Å².